The molecule has 0 fully saturated rings. The summed E-state index contributed by atoms with van der Waals surface area (Å²) < 4.78 is 7.40. The molecule has 0 spiro atoms. The second-order valence-corrected chi connectivity index (χ2v) is 8.17. The summed E-state index contributed by atoms with van der Waals surface area (Å²) in [5.41, 5.74) is 8.20. The number of hydrogen-bond donors (Lipinski definition) is 2. The second kappa shape index (κ2) is 10.8. The molecule has 4 rings (SSSR count). The number of aromatic nitrogens is 3. The minimum Gasteiger partial charge on any atom is -0.489 e. The van der Waals surface area contributed by atoms with Crippen LogP contribution in [0.3, 0.4) is 0 Å². The molecule has 0 bridgehead atoms. The van der Waals surface area contributed by atoms with Crippen LogP contribution in [0.25, 0.3) is 5.82 Å². The minimum atomic E-state index is -0.458. The first-order valence-corrected chi connectivity index (χ1v) is 11.4. The van der Waals surface area contributed by atoms with Crippen LogP contribution in [0.2, 0.25) is 5.02 Å². The van der Waals surface area contributed by atoms with Crippen molar-refractivity contribution in [1.29, 1.82) is 0 Å². The van der Waals surface area contributed by atoms with Gasteiger partial charge in [0, 0.05) is 16.8 Å². The standard InChI is InChI=1S/C26H24ClN5O3/c1-3-23-21(15-29-32(23)24-6-4-5-13-28-24)26(34)31-30-25(33)19-9-7-18(8-10-19)16-35-20-11-12-22(27)17(2)14-20/h4-15H,3,16H2,1-2H3,(H,30,33)(H,31,34). The van der Waals surface area contributed by atoms with E-state index >= 15 is 0 Å². The molecule has 0 aliphatic carbocycles. The third kappa shape index (κ3) is 5.67. The van der Waals surface area contributed by atoms with Gasteiger partial charge in [-0.3, -0.25) is 20.4 Å². The Morgan fingerprint density at radius 1 is 1.03 bits per heavy atom. The summed E-state index contributed by atoms with van der Waals surface area (Å²) in [6.45, 7) is 4.18. The van der Waals surface area contributed by atoms with Crippen LogP contribution >= 0.6 is 11.6 Å². The number of rotatable bonds is 7. The lowest BCUT2D eigenvalue weighted by molar-refractivity contribution is 0.0846. The average Bonchev–Trinajstić information content (AvgIpc) is 3.33. The van der Waals surface area contributed by atoms with Crippen molar-refractivity contribution in [1.82, 2.24) is 25.6 Å². The number of nitrogens with zero attached hydrogens (tertiary/aromatic N) is 3. The average molecular weight is 490 g/mol. The van der Waals surface area contributed by atoms with Gasteiger partial charge in [-0.05, 0) is 66.9 Å². The number of benzene rings is 2. The van der Waals surface area contributed by atoms with Crippen molar-refractivity contribution in [2.24, 2.45) is 0 Å². The maximum Gasteiger partial charge on any atom is 0.273 e. The van der Waals surface area contributed by atoms with Gasteiger partial charge in [0.2, 0.25) is 0 Å². The number of hydrazine groups is 1. The van der Waals surface area contributed by atoms with Crippen LogP contribution in [0.15, 0.2) is 73.1 Å². The van der Waals surface area contributed by atoms with Gasteiger partial charge in [0.1, 0.15) is 12.4 Å². The van der Waals surface area contributed by atoms with E-state index in [1.807, 2.05) is 38.1 Å². The molecule has 0 atom stereocenters. The summed E-state index contributed by atoms with van der Waals surface area (Å²) >= 11 is 6.04. The Balaban J connectivity index is 1.34. The predicted octanol–water partition coefficient (Wildman–Crippen LogP) is 4.45. The normalized spacial score (nSPS) is 10.6. The second-order valence-electron chi connectivity index (χ2n) is 7.76. The molecule has 0 aliphatic heterocycles. The molecular formula is C26H24ClN5O3. The SMILES string of the molecule is CCc1c(C(=O)NNC(=O)c2ccc(COc3ccc(Cl)c(C)c3)cc2)cnn1-c1ccccn1. The molecule has 0 aliphatic rings. The lowest BCUT2D eigenvalue weighted by Crippen LogP contribution is -2.41. The number of halogens is 1. The lowest BCUT2D eigenvalue weighted by Gasteiger charge is -2.10. The van der Waals surface area contributed by atoms with Crippen LogP contribution in [-0.2, 0) is 13.0 Å². The molecule has 35 heavy (non-hydrogen) atoms. The van der Waals surface area contributed by atoms with Gasteiger partial charge in [-0.25, -0.2) is 9.67 Å². The summed E-state index contributed by atoms with van der Waals surface area (Å²) in [6.07, 6.45) is 3.69. The fourth-order valence-electron chi connectivity index (χ4n) is 3.46. The molecule has 2 aromatic carbocycles. The summed E-state index contributed by atoms with van der Waals surface area (Å²) in [5.74, 6) is 0.437. The maximum atomic E-state index is 12.7. The van der Waals surface area contributed by atoms with Crippen LogP contribution in [0.1, 0.15) is 44.5 Å². The molecule has 4 aromatic rings. The largest absolute Gasteiger partial charge is 0.489 e. The van der Waals surface area contributed by atoms with E-state index in [0.29, 0.717) is 46.4 Å². The van der Waals surface area contributed by atoms with Gasteiger partial charge in [-0.2, -0.15) is 5.10 Å². The van der Waals surface area contributed by atoms with E-state index in [1.54, 1.807) is 47.3 Å². The van der Waals surface area contributed by atoms with Gasteiger partial charge in [-0.15, -0.1) is 0 Å². The molecule has 0 saturated heterocycles. The number of hydrogen-bond acceptors (Lipinski definition) is 5. The molecule has 178 valence electrons. The monoisotopic (exact) mass is 489 g/mol. The molecule has 0 radical (unpaired) electrons. The Hall–Kier alpha value is -4.17. The first-order chi connectivity index (χ1) is 17.0. The zero-order chi connectivity index (χ0) is 24.8. The van der Waals surface area contributed by atoms with Crippen LogP contribution in [0.5, 0.6) is 5.75 Å². The van der Waals surface area contributed by atoms with E-state index in [2.05, 4.69) is 20.9 Å². The van der Waals surface area contributed by atoms with E-state index in [-0.39, 0.29) is 0 Å². The Labute approximate surface area is 207 Å². The molecule has 8 nitrogen and oxygen atoms in total. The number of aryl methyl sites for hydroxylation is 1. The molecular weight excluding hydrogens is 466 g/mol. The molecule has 2 N–H and O–H groups in total. The van der Waals surface area contributed by atoms with Crippen LogP contribution in [-0.4, -0.2) is 26.6 Å². The van der Waals surface area contributed by atoms with Crippen LogP contribution < -0.4 is 15.6 Å². The highest BCUT2D eigenvalue weighted by Crippen LogP contribution is 2.22. The summed E-state index contributed by atoms with van der Waals surface area (Å²) in [7, 11) is 0. The van der Waals surface area contributed by atoms with Crippen molar-refractivity contribution in [3.8, 4) is 11.6 Å². The Morgan fingerprint density at radius 2 is 1.80 bits per heavy atom. The Bertz CT molecular complexity index is 1340. The lowest BCUT2D eigenvalue weighted by atomic mass is 10.1. The van der Waals surface area contributed by atoms with E-state index < -0.39 is 11.8 Å². The summed E-state index contributed by atoms with van der Waals surface area (Å²) in [5, 5.41) is 4.97. The maximum absolute atomic E-state index is 12.7. The molecule has 2 heterocycles. The predicted molar refractivity (Wildman–Crippen MR) is 133 cm³/mol. The number of carbonyl (C=O) groups is 2. The number of pyridine rings is 1. The van der Waals surface area contributed by atoms with Crippen molar-refractivity contribution in [2.45, 2.75) is 26.9 Å². The quantitative estimate of drug-likeness (QED) is 0.374. The number of nitrogens with one attached hydrogen (secondary N) is 2. The topological polar surface area (TPSA) is 98.1 Å². The number of ether oxygens (including phenoxy) is 1. The molecule has 0 unspecified atom stereocenters. The van der Waals surface area contributed by atoms with E-state index in [1.165, 1.54) is 6.20 Å². The zero-order valence-corrected chi connectivity index (χ0v) is 20.0. The van der Waals surface area contributed by atoms with Crippen LogP contribution in [0, 0.1) is 6.92 Å². The smallest absolute Gasteiger partial charge is 0.273 e. The van der Waals surface area contributed by atoms with Gasteiger partial charge >= 0.3 is 0 Å². The van der Waals surface area contributed by atoms with Gasteiger partial charge in [0.05, 0.1) is 17.5 Å². The highest BCUT2D eigenvalue weighted by atomic mass is 35.5. The Morgan fingerprint density at radius 3 is 2.49 bits per heavy atom. The van der Waals surface area contributed by atoms with Crippen molar-refractivity contribution in [3.63, 3.8) is 0 Å². The third-order valence-corrected chi connectivity index (χ3v) is 5.78. The van der Waals surface area contributed by atoms with E-state index in [4.69, 9.17) is 16.3 Å². The van der Waals surface area contributed by atoms with E-state index in [9.17, 15) is 9.59 Å². The fourth-order valence-corrected chi connectivity index (χ4v) is 3.58. The first-order valence-electron chi connectivity index (χ1n) is 11.0. The van der Waals surface area contributed by atoms with Gasteiger partial charge in [0.15, 0.2) is 5.82 Å². The number of carbonyl (C=O) groups excluding carboxylic acids is 2. The van der Waals surface area contributed by atoms with Gasteiger partial charge in [0.25, 0.3) is 11.8 Å². The van der Waals surface area contributed by atoms with E-state index in [0.717, 1.165) is 11.1 Å². The minimum absolute atomic E-state index is 0.347. The van der Waals surface area contributed by atoms with Gasteiger partial charge in [-0.1, -0.05) is 36.7 Å². The van der Waals surface area contributed by atoms with Crippen molar-refractivity contribution >= 4 is 23.4 Å². The molecule has 9 heteroatoms. The third-order valence-electron chi connectivity index (χ3n) is 5.36. The molecule has 0 saturated carbocycles. The zero-order valence-electron chi connectivity index (χ0n) is 19.3. The molecule has 2 aromatic heterocycles. The van der Waals surface area contributed by atoms with Gasteiger partial charge < -0.3 is 4.74 Å². The highest BCUT2D eigenvalue weighted by molar-refractivity contribution is 6.31. The fraction of sp³-hybridized carbons (Fsp3) is 0.154. The van der Waals surface area contributed by atoms with Crippen molar-refractivity contribution in [3.05, 3.63) is 106 Å². The van der Waals surface area contributed by atoms with Crippen molar-refractivity contribution in [2.75, 3.05) is 0 Å². The highest BCUT2D eigenvalue weighted by Gasteiger charge is 2.18. The summed E-state index contributed by atoms with van der Waals surface area (Å²) in [4.78, 5) is 29.5. The molecule has 2 amide bonds. The Kier molecular flexibility index (Phi) is 7.42. The first kappa shape index (κ1) is 24.0. The van der Waals surface area contributed by atoms with Crippen LogP contribution in [0.4, 0.5) is 0 Å². The summed E-state index contributed by atoms with van der Waals surface area (Å²) in [6, 6.07) is 17.9. The number of amides is 2. The van der Waals surface area contributed by atoms with Crippen molar-refractivity contribution < 1.29 is 14.3 Å².